The highest BCUT2D eigenvalue weighted by atomic mass is 32.2. The molecule has 1 fully saturated rings. The summed E-state index contributed by atoms with van der Waals surface area (Å²) in [5, 5.41) is 12.9. The van der Waals surface area contributed by atoms with Crippen molar-refractivity contribution in [1.29, 1.82) is 0 Å². The fraction of sp³-hybridized carbons (Fsp3) is 0.348. The first-order valence-corrected chi connectivity index (χ1v) is 11.0. The minimum absolute atomic E-state index is 0.116. The van der Waals surface area contributed by atoms with Gasteiger partial charge in [0, 0.05) is 17.4 Å². The Labute approximate surface area is 175 Å². The zero-order valence-corrected chi connectivity index (χ0v) is 17.9. The topological polar surface area (TPSA) is 59.8 Å². The van der Waals surface area contributed by atoms with Gasteiger partial charge in [0.2, 0.25) is 5.91 Å². The zero-order valence-electron chi connectivity index (χ0n) is 17.1. The van der Waals surface area contributed by atoms with E-state index in [1.807, 2.05) is 6.92 Å². The van der Waals surface area contributed by atoms with Crippen LogP contribution in [0.5, 0.6) is 0 Å². The molecule has 0 bridgehead atoms. The molecule has 1 heterocycles. The number of hydrogen-bond donors (Lipinski definition) is 1. The predicted octanol–water partition coefficient (Wildman–Crippen LogP) is 4.76. The van der Waals surface area contributed by atoms with Crippen molar-refractivity contribution in [3.8, 4) is 5.69 Å². The second kappa shape index (κ2) is 8.41. The highest BCUT2D eigenvalue weighted by Crippen LogP contribution is 2.31. The van der Waals surface area contributed by atoms with E-state index in [9.17, 15) is 4.79 Å². The first-order chi connectivity index (χ1) is 14.0. The average molecular weight is 407 g/mol. The van der Waals surface area contributed by atoms with E-state index in [0.717, 1.165) is 35.3 Å². The van der Waals surface area contributed by atoms with Crippen LogP contribution < -0.4 is 5.32 Å². The number of rotatable bonds is 7. The fourth-order valence-corrected chi connectivity index (χ4v) is 4.18. The van der Waals surface area contributed by atoms with Gasteiger partial charge in [0.05, 0.1) is 6.04 Å². The fourth-order valence-electron chi connectivity index (χ4n) is 3.28. The summed E-state index contributed by atoms with van der Waals surface area (Å²) in [6, 6.07) is 16.6. The van der Waals surface area contributed by atoms with E-state index in [2.05, 4.69) is 82.5 Å². The number of carbonyl (C=O) groups excluding carboxylic acids is 1. The second-order valence-electron chi connectivity index (χ2n) is 7.79. The number of nitrogens with zero attached hydrogens (tertiary/aromatic N) is 3. The number of nitrogens with one attached hydrogen (secondary N) is 1. The third-order valence-corrected chi connectivity index (χ3v) is 6.10. The molecule has 1 aromatic heterocycles. The summed E-state index contributed by atoms with van der Waals surface area (Å²) < 4.78 is 2.07. The molecule has 0 radical (unpaired) electrons. The molecule has 5 nitrogen and oxygen atoms in total. The van der Waals surface area contributed by atoms with Gasteiger partial charge in [-0.1, -0.05) is 59.3 Å². The van der Waals surface area contributed by atoms with Gasteiger partial charge >= 0.3 is 0 Å². The molecule has 0 aliphatic heterocycles. The number of thioether (sulfide) groups is 1. The van der Waals surface area contributed by atoms with Crippen molar-refractivity contribution in [2.24, 2.45) is 5.92 Å². The van der Waals surface area contributed by atoms with Gasteiger partial charge in [-0.05, 0) is 51.3 Å². The smallest absolute Gasteiger partial charge is 0.223 e. The van der Waals surface area contributed by atoms with E-state index in [1.54, 1.807) is 11.8 Å². The molecule has 6 heteroatoms. The van der Waals surface area contributed by atoms with Crippen LogP contribution >= 0.6 is 11.8 Å². The minimum Gasteiger partial charge on any atom is -0.346 e. The van der Waals surface area contributed by atoms with Crippen LogP contribution in [-0.2, 0) is 10.5 Å². The van der Waals surface area contributed by atoms with Gasteiger partial charge < -0.3 is 5.32 Å². The van der Waals surface area contributed by atoms with Crippen LogP contribution in [0.1, 0.15) is 48.3 Å². The summed E-state index contributed by atoms with van der Waals surface area (Å²) in [4.78, 5) is 12.3. The Bertz CT molecular complexity index is 1010. The van der Waals surface area contributed by atoms with Crippen LogP contribution in [0, 0.1) is 19.8 Å². The van der Waals surface area contributed by atoms with E-state index in [1.165, 1.54) is 16.7 Å². The van der Waals surface area contributed by atoms with E-state index in [4.69, 9.17) is 0 Å². The average Bonchev–Trinajstić information content (AvgIpc) is 3.47. The summed E-state index contributed by atoms with van der Waals surface area (Å²) >= 11 is 1.66. The normalized spacial score (nSPS) is 14.6. The molecule has 1 aliphatic carbocycles. The van der Waals surface area contributed by atoms with Crippen LogP contribution in [0.15, 0.2) is 53.7 Å². The number of carbonyl (C=O) groups is 1. The number of benzene rings is 2. The third-order valence-electron chi connectivity index (χ3n) is 5.10. The van der Waals surface area contributed by atoms with Gasteiger partial charge in [0.25, 0.3) is 0 Å². The Morgan fingerprint density at radius 1 is 1.14 bits per heavy atom. The molecule has 0 spiro atoms. The summed E-state index contributed by atoms with van der Waals surface area (Å²) in [5.74, 6) is 1.86. The van der Waals surface area contributed by atoms with Gasteiger partial charge in [-0.2, -0.15) is 0 Å². The molecule has 1 unspecified atom stereocenters. The Balaban J connectivity index is 1.62. The molecular weight excluding hydrogens is 380 g/mol. The van der Waals surface area contributed by atoms with Crippen molar-refractivity contribution >= 4 is 17.7 Å². The summed E-state index contributed by atoms with van der Waals surface area (Å²) in [6.07, 6.45) is 1.97. The van der Waals surface area contributed by atoms with Crippen molar-refractivity contribution in [1.82, 2.24) is 20.1 Å². The van der Waals surface area contributed by atoms with Crippen molar-refractivity contribution in [2.75, 3.05) is 0 Å². The third kappa shape index (κ3) is 4.70. The van der Waals surface area contributed by atoms with Crippen molar-refractivity contribution < 1.29 is 4.79 Å². The Kier molecular flexibility index (Phi) is 5.72. The molecular formula is C23H26N4OS. The zero-order chi connectivity index (χ0) is 20.4. The SMILES string of the molecule is Cc1ccc(-n2c(SCc3cccc(C)c3)nnc2C(C)NC(=O)C2CC2)cc1. The van der Waals surface area contributed by atoms with Crippen LogP contribution in [0.4, 0.5) is 0 Å². The predicted molar refractivity (Wildman–Crippen MR) is 116 cm³/mol. The highest BCUT2D eigenvalue weighted by Gasteiger charge is 2.31. The van der Waals surface area contributed by atoms with Gasteiger partial charge in [-0.25, -0.2) is 0 Å². The van der Waals surface area contributed by atoms with E-state index in [-0.39, 0.29) is 17.9 Å². The molecule has 1 amide bonds. The number of aryl methyl sites for hydroxylation is 2. The molecule has 1 saturated carbocycles. The first-order valence-electron chi connectivity index (χ1n) is 10.0. The maximum absolute atomic E-state index is 12.3. The summed E-state index contributed by atoms with van der Waals surface area (Å²) in [5.41, 5.74) is 4.72. The van der Waals surface area contributed by atoms with Crippen molar-refractivity contribution in [3.63, 3.8) is 0 Å². The van der Waals surface area contributed by atoms with Crippen LogP contribution in [0.25, 0.3) is 5.69 Å². The molecule has 1 atom stereocenters. The van der Waals surface area contributed by atoms with Gasteiger partial charge in [-0.3, -0.25) is 9.36 Å². The molecule has 1 N–H and O–H groups in total. The van der Waals surface area contributed by atoms with Gasteiger partial charge in [0.15, 0.2) is 11.0 Å². The maximum Gasteiger partial charge on any atom is 0.223 e. The minimum atomic E-state index is -0.203. The van der Waals surface area contributed by atoms with Crippen LogP contribution in [0.2, 0.25) is 0 Å². The molecule has 0 saturated heterocycles. The lowest BCUT2D eigenvalue weighted by Gasteiger charge is -2.16. The van der Waals surface area contributed by atoms with E-state index in [0.29, 0.717) is 0 Å². The monoisotopic (exact) mass is 406 g/mol. The summed E-state index contributed by atoms with van der Waals surface area (Å²) in [7, 11) is 0. The van der Waals surface area contributed by atoms with Crippen molar-refractivity contribution in [3.05, 3.63) is 71.0 Å². The Morgan fingerprint density at radius 2 is 1.90 bits per heavy atom. The van der Waals surface area contributed by atoms with E-state index >= 15 is 0 Å². The largest absolute Gasteiger partial charge is 0.346 e. The molecule has 29 heavy (non-hydrogen) atoms. The molecule has 3 aromatic rings. The second-order valence-corrected chi connectivity index (χ2v) is 8.74. The van der Waals surface area contributed by atoms with Crippen molar-refractivity contribution in [2.45, 2.75) is 50.6 Å². The molecule has 1 aliphatic rings. The molecule has 150 valence electrons. The maximum atomic E-state index is 12.3. The number of amides is 1. The lowest BCUT2D eigenvalue weighted by Crippen LogP contribution is -2.29. The van der Waals surface area contributed by atoms with Crippen LogP contribution in [-0.4, -0.2) is 20.7 Å². The van der Waals surface area contributed by atoms with Gasteiger partial charge in [0.1, 0.15) is 0 Å². The summed E-state index contributed by atoms with van der Waals surface area (Å²) in [6.45, 7) is 6.15. The number of hydrogen-bond acceptors (Lipinski definition) is 4. The van der Waals surface area contributed by atoms with E-state index < -0.39 is 0 Å². The van der Waals surface area contributed by atoms with Crippen LogP contribution in [0.3, 0.4) is 0 Å². The first kappa shape index (κ1) is 19.7. The number of aromatic nitrogens is 3. The lowest BCUT2D eigenvalue weighted by atomic mass is 10.2. The quantitative estimate of drug-likeness (QED) is 0.575. The Hall–Kier alpha value is -2.60. The standard InChI is InChI=1S/C23H26N4OS/c1-15-7-11-20(12-8-15)27-21(17(3)24-22(28)19-9-10-19)25-26-23(27)29-14-18-6-4-5-16(2)13-18/h4-8,11-13,17,19H,9-10,14H2,1-3H3,(H,24,28). The molecule has 2 aromatic carbocycles. The molecule has 4 rings (SSSR count). The Morgan fingerprint density at radius 3 is 2.59 bits per heavy atom. The van der Waals surface area contributed by atoms with Gasteiger partial charge in [-0.15, -0.1) is 10.2 Å². The highest BCUT2D eigenvalue weighted by molar-refractivity contribution is 7.98. The lowest BCUT2D eigenvalue weighted by molar-refractivity contribution is -0.123.